The number of thioether (sulfide) groups is 1. The van der Waals surface area contributed by atoms with Gasteiger partial charge in [-0.3, -0.25) is 0 Å². The van der Waals surface area contributed by atoms with Gasteiger partial charge in [0.1, 0.15) is 5.75 Å². The Labute approximate surface area is 107 Å². The second-order valence-electron chi connectivity index (χ2n) is 3.94. The summed E-state index contributed by atoms with van der Waals surface area (Å²) in [5.74, 6) is 1.69. The number of ether oxygens (including phenoxy) is 1. The van der Waals surface area contributed by atoms with Crippen LogP contribution in [0.25, 0.3) is 0 Å². The highest BCUT2D eigenvalue weighted by atomic mass is 32.2. The highest BCUT2D eigenvalue weighted by Gasteiger charge is 2.08. The monoisotopic (exact) mass is 255 g/mol. The zero-order valence-corrected chi connectivity index (χ0v) is 11.2. The van der Waals surface area contributed by atoms with Gasteiger partial charge in [0.15, 0.2) is 0 Å². The maximum absolute atomic E-state index is 8.94. The molecule has 0 aliphatic rings. The molecule has 1 rings (SSSR count). The van der Waals surface area contributed by atoms with Gasteiger partial charge in [-0.15, -0.1) is 0 Å². The van der Waals surface area contributed by atoms with E-state index in [9.17, 15) is 0 Å². The first-order valence-electron chi connectivity index (χ1n) is 5.88. The third kappa shape index (κ3) is 4.98. The van der Waals surface area contributed by atoms with Crippen molar-refractivity contribution in [2.45, 2.75) is 25.1 Å². The van der Waals surface area contributed by atoms with Gasteiger partial charge in [0.2, 0.25) is 0 Å². The lowest BCUT2D eigenvalue weighted by Crippen LogP contribution is -2.15. The first kappa shape index (κ1) is 14.4. The smallest absolute Gasteiger partial charge is 0.119 e. The molecule has 0 aliphatic carbocycles. The summed E-state index contributed by atoms with van der Waals surface area (Å²) in [6.07, 6.45) is 0. The molecule has 1 aromatic rings. The van der Waals surface area contributed by atoms with Crippen molar-refractivity contribution in [1.29, 1.82) is 0 Å². The summed E-state index contributed by atoms with van der Waals surface area (Å²) in [7, 11) is 0. The summed E-state index contributed by atoms with van der Waals surface area (Å²) in [5, 5.41) is 9.18. The van der Waals surface area contributed by atoms with Gasteiger partial charge in [-0.1, -0.05) is 19.1 Å². The lowest BCUT2D eigenvalue weighted by atomic mass is 10.1. The van der Waals surface area contributed by atoms with Crippen LogP contribution in [0.5, 0.6) is 5.75 Å². The topological polar surface area (TPSA) is 55.5 Å². The minimum absolute atomic E-state index is 0.00433. The van der Waals surface area contributed by atoms with Crippen LogP contribution in [0.3, 0.4) is 0 Å². The molecule has 17 heavy (non-hydrogen) atoms. The molecule has 0 fully saturated rings. The lowest BCUT2D eigenvalue weighted by molar-refractivity contribution is 0.300. The number of hydrogen-bond acceptors (Lipinski definition) is 4. The van der Waals surface area contributed by atoms with Crippen LogP contribution >= 0.6 is 11.8 Å². The molecule has 0 heterocycles. The summed E-state index contributed by atoms with van der Waals surface area (Å²) in [4.78, 5) is 0. The maximum atomic E-state index is 8.94. The Bertz CT molecular complexity index is 316. The SMILES string of the molecule is CCOc1ccc(C(N)CSC(C)CO)cc1. The lowest BCUT2D eigenvalue weighted by Gasteiger charge is -2.14. The van der Waals surface area contributed by atoms with Crippen LogP contribution in [-0.4, -0.2) is 29.3 Å². The molecule has 3 N–H and O–H groups in total. The van der Waals surface area contributed by atoms with E-state index < -0.39 is 0 Å². The fourth-order valence-corrected chi connectivity index (χ4v) is 2.23. The molecule has 2 atom stereocenters. The Morgan fingerprint density at radius 1 is 1.35 bits per heavy atom. The van der Waals surface area contributed by atoms with E-state index in [0.29, 0.717) is 6.61 Å². The van der Waals surface area contributed by atoms with E-state index in [2.05, 4.69) is 0 Å². The summed E-state index contributed by atoms with van der Waals surface area (Å²) in [6.45, 7) is 4.83. The van der Waals surface area contributed by atoms with Gasteiger partial charge in [0, 0.05) is 17.0 Å². The van der Waals surface area contributed by atoms with Gasteiger partial charge in [-0.25, -0.2) is 0 Å². The molecule has 3 nitrogen and oxygen atoms in total. The molecule has 0 aliphatic heterocycles. The molecule has 4 heteroatoms. The maximum Gasteiger partial charge on any atom is 0.119 e. The average molecular weight is 255 g/mol. The third-order valence-electron chi connectivity index (χ3n) is 2.44. The fraction of sp³-hybridized carbons (Fsp3) is 0.538. The standard InChI is InChI=1S/C13H21NO2S/c1-3-16-12-6-4-11(5-7-12)13(14)9-17-10(2)8-15/h4-7,10,13,15H,3,8-9,14H2,1-2H3. The number of nitrogens with two attached hydrogens (primary N) is 1. The first-order valence-corrected chi connectivity index (χ1v) is 6.93. The highest BCUT2D eigenvalue weighted by molar-refractivity contribution is 7.99. The summed E-state index contributed by atoms with van der Waals surface area (Å²) in [5.41, 5.74) is 7.18. The molecular weight excluding hydrogens is 234 g/mol. The van der Waals surface area contributed by atoms with E-state index in [-0.39, 0.29) is 17.9 Å². The number of aliphatic hydroxyl groups is 1. The van der Waals surface area contributed by atoms with E-state index in [1.165, 1.54) is 0 Å². The Balaban J connectivity index is 2.48. The highest BCUT2D eigenvalue weighted by Crippen LogP contribution is 2.21. The summed E-state index contributed by atoms with van der Waals surface area (Å²) in [6, 6.07) is 7.89. The van der Waals surface area contributed by atoms with Crippen molar-refractivity contribution in [2.75, 3.05) is 19.0 Å². The van der Waals surface area contributed by atoms with Crippen LogP contribution in [0.2, 0.25) is 0 Å². The van der Waals surface area contributed by atoms with E-state index >= 15 is 0 Å². The molecular formula is C13H21NO2S. The van der Waals surface area contributed by atoms with Gasteiger partial charge in [0.05, 0.1) is 13.2 Å². The zero-order chi connectivity index (χ0) is 12.7. The molecule has 96 valence electrons. The predicted molar refractivity (Wildman–Crippen MR) is 73.5 cm³/mol. The molecule has 0 bridgehead atoms. The molecule has 1 aromatic carbocycles. The third-order valence-corrected chi connectivity index (χ3v) is 3.71. The quantitative estimate of drug-likeness (QED) is 0.784. The van der Waals surface area contributed by atoms with Crippen LogP contribution in [0.1, 0.15) is 25.5 Å². The number of rotatable bonds is 7. The summed E-state index contributed by atoms with van der Waals surface area (Å²) < 4.78 is 5.38. The number of benzene rings is 1. The Kier molecular flexibility index (Phi) is 6.40. The van der Waals surface area contributed by atoms with Crippen molar-refractivity contribution in [3.63, 3.8) is 0 Å². The minimum atomic E-state index is 0.00433. The Hall–Kier alpha value is -0.710. The van der Waals surface area contributed by atoms with Crippen LogP contribution in [0.4, 0.5) is 0 Å². The Morgan fingerprint density at radius 3 is 2.53 bits per heavy atom. The molecule has 0 amide bonds. The number of hydrogen-bond donors (Lipinski definition) is 2. The minimum Gasteiger partial charge on any atom is -0.494 e. The summed E-state index contributed by atoms with van der Waals surface area (Å²) >= 11 is 1.69. The van der Waals surface area contributed by atoms with E-state index in [4.69, 9.17) is 15.6 Å². The van der Waals surface area contributed by atoms with Crippen LogP contribution in [0.15, 0.2) is 24.3 Å². The molecule has 0 saturated heterocycles. The van der Waals surface area contributed by atoms with Crippen molar-refractivity contribution in [3.8, 4) is 5.75 Å². The van der Waals surface area contributed by atoms with Crippen LogP contribution < -0.4 is 10.5 Å². The van der Waals surface area contributed by atoms with E-state index in [1.807, 2.05) is 38.1 Å². The fourth-order valence-electron chi connectivity index (χ4n) is 1.39. The van der Waals surface area contributed by atoms with Gasteiger partial charge < -0.3 is 15.6 Å². The largest absolute Gasteiger partial charge is 0.494 e. The van der Waals surface area contributed by atoms with Crippen molar-refractivity contribution in [2.24, 2.45) is 5.73 Å². The van der Waals surface area contributed by atoms with Gasteiger partial charge >= 0.3 is 0 Å². The van der Waals surface area contributed by atoms with Crippen LogP contribution in [0, 0.1) is 0 Å². The molecule has 0 aromatic heterocycles. The van der Waals surface area contributed by atoms with E-state index in [1.54, 1.807) is 11.8 Å². The predicted octanol–water partition coefficient (Wildman–Crippen LogP) is 2.20. The molecule has 0 spiro atoms. The molecule has 0 radical (unpaired) electrons. The van der Waals surface area contributed by atoms with Crippen molar-refractivity contribution in [3.05, 3.63) is 29.8 Å². The van der Waals surface area contributed by atoms with Gasteiger partial charge in [0.25, 0.3) is 0 Å². The van der Waals surface area contributed by atoms with Crippen LogP contribution in [-0.2, 0) is 0 Å². The molecule has 2 unspecified atom stereocenters. The molecule has 0 saturated carbocycles. The average Bonchev–Trinajstić information content (AvgIpc) is 2.36. The second-order valence-corrected chi connectivity index (χ2v) is 5.41. The zero-order valence-electron chi connectivity index (χ0n) is 10.4. The number of aliphatic hydroxyl groups excluding tert-OH is 1. The second kappa shape index (κ2) is 7.58. The normalized spacial score (nSPS) is 14.4. The van der Waals surface area contributed by atoms with Gasteiger partial charge in [-0.05, 0) is 24.6 Å². The van der Waals surface area contributed by atoms with Crippen molar-refractivity contribution in [1.82, 2.24) is 0 Å². The van der Waals surface area contributed by atoms with Gasteiger partial charge in [-0.2, -0.15) is 11.8 Å². The first-order chi connectivity index (χ1) is 8.17. The van der Waals surface area contributed by atoms with Crippen molar-refractivity contribution < 1.29 is 9.84 Å². The van der Waals surface area contributed by atoms with Crippen molar-refractivity contribution >= 4 is 11.8 Å². The van der Waals surface area contributed by atoms with E-state index in [0.717, 1.165) is 17.1 Å². The Morgan fingerprint density at radius 2 is 2.00 bits per heavy atom.